The number of thiazole rings is 1. The number of carbonyl (C=O) groups is 1. The third-order valence-electron chi connectivity index (χ3n) is 4.76. The van der Waals surface area contributed by atoms with Gasteiger partial charge >= 0.3 is 0 Å². The molecule has 0 radical (unpaired) electrons. The molecule has 5 rings (SSSR count). The molecule has 0 aliphatic rings. The normalized spacial score (nSPS) is 11.1. The third kappa shape index (κ3) is 2.96. The van der Waals surface area contributed by atoms with Crippen LogP contribution in [0.15, 0.2) is 85.1 Å². The van der Waals surface area contributed by atoms with Crippen molar-refractivity contribution in [3.63, 3.8) is 0 Å². The van der Waals surface area contributed by atoms with Crippen LogP contribution in [0.25, 0.3) is 21.1 Å². The summed E-state index contributed by atoms with van der Waals surface area (Å²) in [6.45, 7) is 0.471. The van der Waals surface area contributed by atoms with Crippen LogP contribution in [0.1, 0.15) is 15.9 Å². The van der Waals surface area contributed by atoms with Crippen LogP contribution in [0, 0.1) is 0 Å². The van der Waals surface area contributed by atoms with E-state index in [2.05, 4.69) is 4.98 Å². The predicted molar refractivity (Wildman–Crippen MR) is 115 cm³/mol. The summed E-state index contributed by atoms with van der Waals surface area (Å²) in [7, 11) is 0. The molecular weight excluding hydrogens is 366 g/mol. The first kappa shape index (κ1) is 16.7. The van der Waals surface area contributed by atoms with Crippen molar-refractivity contribution in [3.05, 3.63) is 96.2 Å². The van der Waals surface area contributed by atoms with Gasteiger partial charge in [0, 0.05) is 17.1 Å². The minimum atomic E-state index is -0.0552. The number of nitrogens with one attached hydrogen (secondary N) is 1. The summed E-state index contributed by atoms with van der Waals surface area (Å²) >= 11 is 1.54. The van der Waals surface area contributed by atoms with Crippen molar-refractivity contribution in [3.8, 4) is 0 Å². The molecular formula is C23H17N3OS. The number of benzene rings is 3. The number of para-hydroxylation sites is 2. The van der Waals surface area contributed by atoms with Crippen molar-refractivity contribution >= 4 is 43.5 Å². The lowest BCUT2D eigenvalue weighted by molar-refractivity contribution is 0.0986. The number of anilines is 1. The van der Waals surface area contributed by atoms with Gasteiger partial charge in [-0.15, -0.1) is 0 Å². The van der Waals surface area contributed by atoms with E-state index in [9.17, 15) is 4.79 Å². The minimum Gasteiger partial charge on any atom is -0.360 e. The van der Waals surface area contributed by atoms with Gasteiger partial charge in [-0.3, -0.25) is 9.69 Å². The third-order valence-corrected chi connectivity index (χ3v) is 5.82. The molecule has 0 aliphatic heterocycles. The summed E-state index contributed by atoms with van der Waals surface area (Å²) < 4.78 is 1.07. The number of aromatic amines is 1. The van der Waals surface area contributed by atoms with Crippen LogP contribution in [0.5, 0.6) is 0 Å². The van der Waals surface area contributed by atoms with Gasteiger partial charge in [0.1, 0.15) is 0 Å². The molecule has 3 aromatic carbocycles. The van der Waals surface area contributed by atoms with Crippen molar-refractivity contribution in [2.45, 2.75) is 6.54 Å². The molecule has 0 spiro atoms. The van der Waals surface area contributed by atoms with Crippen molar-refractivity contribution in [1.82, 2.24) is 9.97 Å². The maximum absolute atomic E-state index is 13.6. The van der Waals surface area contributed by atoms with Gasteiger partial charge in [0.2, 0.25) is 0 Å². The number of nitrogens with zero attached hydrogens (tertiary/aromatic N) is 2. The molecule has 0 atom stereocenters. The molecule has 0 bridgehead atoms. The van der Waals surface area contributed by atoms with Gasteiger partial charge in [0.25, 0.3) is 5.91 Å². The number of H-pyrrole nitrogens is 1. The molecule has 1 amide bonds. The molecule has 5 heteroatoms. The molecule has 2 heterocycles. The molecule has 28 heavy (non-hydrogen) atoms. The Hall–Kier alpha value is -3.44. The lowest BCUT2D eigenvalue weighted by atomic mass is 10.1. The number of fused-ring (bicyclic) bond motifs is 2. The molecule has 0 fully saturated rings. The van der Waals surface area contributed by atoms with Crippen molar-refractivity contribution in [1.29, 1.82) is 0 Å². The van der Waals surface area contributed by atoms with E-state index in [-0.39, 0.29) is 5.91 Å². The standard InChI is InChI=1S/C23H17N3OS/c27-22(18-14-24-19-11-5-4-10-17(18)19)26(15-16-8-2-1-3-9-16)23-25-20-12-6-7-13-21(20)28-23/h1-14,24H,15H2. The lowest BCUT2D eigenvalue weighted by Crippen LogP contribution is -2.30. The largest absolute Gasteiger partial charge is 0.360 e. The van der Waals surface area contributed by atoms with Crippen LogP contribution in [-0.2, 0) is 6.54 Å². The highest BCUT2D eigenvalue weighted by atomic mass is 32.1. The Morgan fingerprint density at radius 1 is 0.929 bits per heavy atom. The van der Waals surface area contributed by atoms with E-state index >= 15 is 0 Å². The van der Waals surface area contributed by atoms with E-state index in [1.807, 2.05) is 78.9 Å². The molecule has 1 N–H and O–H groups in total. The summed E-state index contributed by atoms with van der Waals surface area (Å²) in [5.41, 5.74) is 3.59. The van der Waals surface area contributed by atoms with E-state index in [0.717, 1.165) is 26.7 Å². The maximum atomic E-state index is 13.6. The highest BCUT2D eigenvalue weighted by Gasteiger charge is 2.24. The number of rotatable bonds is 4. The van der Waals surface area contributed by atoms with E-state index < -0.39 is 0 Å². The number of hydrogen-bond acceptors (Lipinski definition) is 3. The molecule has 0 saturated carbocycles. The summed E-state index contributed by atoms with van der Waals surface area (Å²) in [5, 5.41) is 1.63. The number of hydrogen-bond donors (Lipinski definition) is 1. The average Bonchev–Trinajstić information content (AvgIpc) is 3.36. The summed E-state index contributed by atoms with van der Waals surface area (Å²) in [6.07, 6.45) is 1.79. The topological polar surface area (TPSA) is 49.0 Å². The van der Waals surface area contributed by atoms with Gasteiger partial charge in [0.05, 0.1) is 22.3 Å². The zero-order chi connectivity index (χ0) is 18.9. The highest BCUT2D eigenvalue weighted by molar-refractivity contribution is 7.22. The molecule has 4 nitrogen and oxygen atoms in total. The number of amides is 1. The first-order valence-electron chi connectivity index (χ1n) is 9.07. The Bertz CT molecular complexity index is 1240. The van der Waals surface area contributed by atoms with Crippen molar-refractivity contribution in [2.24, 2.45) is 0 Å². The number of carbonyl (C=O) groups excluding carboxylic acids is 1. The zero-order valence-electron chi connectivity index (χ0n) is 15.0. The van der Waals surface area contributed by atoms with Crippen molar-refractivity contribution < 1.29 is 4.79 Å². The minimum absolute atomic E-state index is 0.0552. The Morgan fingerprint density at radius 3 is 2.54 bits per heavy atom. The van der Waals surface area contributed by atoms with E-state index in [1.54, 1.807) is 11.1 Å². The zero-order valence-corrected chi connectivity index (χ0v) is 15.8. The van der Waals surface area contributed by atoms with Crippen LogP contribution < -0.4 is 4.90 Å². The average molecular weight is 383 g/mol. The van der Waals surface area contributed by atoms with Crippen LogP contribution >= 0.6 is 11.3 Å². The monoisotopic (exact) mass is 383 g/mol. The summed E-state index contributed by atoms with van der Waals surface area (Å²) in [6, 6.07) is 25.8. The predicted octanol–water partition coefficient (Wildman–Crippen LogP) is 5.62. The van der Waals surface area contributed by atoms with E-state index in [0.29, 0.717) is 17.2 Å². The highest BCUT2D eigenvalue weighted by Crippen LogP contribution is 2.31. The second-order valence-electron chi connectivity index (χ2n) is 6.59. The first-order chi connectivity index (χ1) is 13.8. The SMILES string of the molecule is O=C(c1c[nH]c2ccccc12)N(Cc1ccccc1)c1nc2ccccc2s1. The van der Waals surface area contributed by atoms with Crippen LogP contribution in [0.3, 0.4) is 0 Å². The van der Waals surface area contributed by atoms with Crippen LogP contribution in [0.2, 0.25) is 0 Å². The van der Waals surface area contributed by atoms with Gasteiger partial charge in [-0.1, -0.05) is 72.0 Å². The molecule has 0 unspecified atom stereocenters. The van der Waals surface area contributed by atoms with E-state index in [4.69, 9.17) is 4.98 Å². The quantitative estimate of drug-likeness (QED) is 0.437. The summed E-state index contributed by atoms with van der Waals surface area (Å²) in [4.78, 5) is 23.3. The second-order valence-corrected chi connectivity index (χ2v) is 7.60. The van der Waals surface area contributed by atoms with Crippen LogP contribution in [-0.4, -0.2) is 15.9 Å². The van der Waals surface area contributed by atoms with Gasteiger partial charge in [0.15, 0.2) is 5.13 Å². The number of aromatic nitrogens is 2. The second kappa shape index (κ2) is 6.94. The smallest absolute Gasteiger partial charge is 0.262 e. The molecule has 0 aliphatic carbocycles. The van der Waals surface area contributed by atoms with E-state index in [1.165, 1.54) is 11.3 Å². The summed E-state index contributed by atoms with van der Waals surface area (Å²) in [5.74, 6) is -0.0552. The van der Waals surface area contributed by atoms with Gasteiger partial charge in [-0.05, 0) is 23.8 Å². The Kier molecular flexibility index (Phi) is 4.14. The lowest BCUT2D eigenvalue weighted by Gasteiger charge is -2.20. The van der Waals surface area contributed by atoms with Crippen molar-refractivity contribution in [2.75, 3.05) is 4.90 Å². The molecule has 136 valence electrons. The van der Waals surface area contributed by atoms with Gasteiger partial charge < -0.3 is 4.98 Å². The molecule has 5 aromatic rings. The fourth-order valence-corrected chi connectivity index (χ4v) is 4.32. The van der Waals surface area contributed by atoms with Crippen LogP contribution in [0.4, 0.5) is 5.13 Å². The van der Waals surface area contributed by atoms with Gasteiger partial charge in [-0.25, -0.2) is 4.98 Å². The first-order valence-corrected chi connectivity index (χ1v) is 9.89. The maximum Gasteiger partial charge on any atom is 0.262 e. The van der Waals surface area contributed by atoms with Gasteiger partial charge in [-0.2, -0.15) is 0 Å². The fraction of sp³-hybridized carbons (Fsp3) is 0.0435. The molecule has 0 saturated heterocycles. The Labute approximate surface area is 166 Å². The molecule has 2 aromatic heterocycles. The Morgan fingerprint density at radius 2 is 1.68 bits per heavy atom. The Balaban J connectivity index is 1.61. The fourth-order valence-electron chi connectivity index (χ4n) is 3.36.